The number of rotatable bonds is 4. The van der Waals surface area contributed by atoms with Crippen molar-refractivity contribution in [2.24, 2.45) is 17.8 Å². The van der Waals surface area contributed by atoms with Gasteiger partial charge in [-0.1, -0.05) is 0 Å². The Kier molecular flexibility index (Phi) is 8.81. The van der Waals surface area contributed by atoms with Crippen LogP contribution in [-0.2, 0) is 16.1 Å². The molecule has 1 aliphatic carbocycles. The number of aryl methyl sites for hydroxylation is 1. The predicted molar refractivity (Wildman–Crippen MR) is 154 cm³/mol. The van der Waals surface area contributed by atoms with Crippen LogP contribution in [0.4, 0.5) is 17.5 Å². The second-order valence-corrected chi connectivity index (χ2v) is 11.9. The van der Waals surface area contributed by atoms with E-state index in [9.17, 15) is 0 Å². The van der Waals surface area contributed by atoms with E-state index < -0.39 is 0 Å². The zero-order valence-electron chi connectivity index (χ0n) is 23.6. The van der Waals surface area contributed by atoms with Crippen molar-refractivity contribution in [3.8, 4) is 5.75 Å². The van der Waals surface area contributed by atoms with E-state index in [0.717, 1.165) is 92.0 Å². The first kappa shape index (κ1) is 26.8. The zero-order chi connectivity index (χ0) is 26.4. The lowest BCUT2D eigenvalue weighted by Crippen LogP contribution is -2.35. The van der Waals surface area contributed by atoms with Gasteiger partial charge in [0.05, 0.1) is 6.61 Å². The van der Waals surface area contributed by atoms with Crippen LogP contribution in [0.15, 0.2) is 24.4 Å². The molecule has 4 aliphatic heterocycles. The average molecular weight is 536 g/mol. The number of nitrogens with one attached hydrogen (secondary N) is 1. The van der Waals surface area contributed by atoms with E-state index in [1.165, 1.54) is 51.6 Å². The summed E-state index contributed by atoms with van der Waals surface area (Å²) in [5, 5.41) is 3.46. The maximum Gasteiger partial charge on any atom is 0.229 e. The first-order chi connectivity index (χ1) is 19.2. The van der Waals surface area contributed by atoms with Crippen molar-refractivity contribution in [1.29, 1.82) is 0 Å². The number of piperidine rings is 1. The standard InChI is InChI=1S/C31H45N5O3/c1-23-20-32-31-33-28-4-5-29(39-17-14-35-10-2-3-11-35)27(19-28)22-38-16-9-25-18-26(25)21-37-15-8-24-6-12-36(13-7-24)30(23)34-31/h4-5,19-20,24-26H,2-3,6-18,21-22H2,1H3,(H,32,33,34)/t25-,26-/m1/s1. The molecule has 1 N–H and O–H groups in total. The van der Waals surface area contributed by atoms with Crippen LogP contribution in [0.2, 0.25) is 0 Å². The minimum absolute atomic E-state index is 0.539. The minimum Gasteiger partial charge on any atom is -0.492 e. The summed E-state index contributed by atoms with van der Waals surface area (Å²) < 4.78 is 18.6. The number of hydrogen-bond donors (Lipinski definition) is 1. The number of fused-ring (bicyclic) bond motifs is 8. The summed E-state index contributed by atoms with van der Waals surface area (Å²) in [6.07, 6.45) is 10.5. The van der Waals surface area contributed by atoms with Crippen LogP contribution in [0.3, 0.4) is 0 Å². The third-order valence-corrected chi connectivity index (χ3v) is 9.00. The van der Waals surface area contributed by atoms with Gasteiger partial charge in [-0.3, -0.25) is 4.90 Å². The average Bonchev–Trinajstić information content (AvgIpc) is 3.49. The number of ether oxygens (including phenoxy) is 3. The summed E-state index contributed by atoms with van der Waals surface area (Å²) in [6, 6.07) is 6.26. The number of benzene rings is 1. The molecule has 8 nitrogen and oxygen atoms in total. The van der Waals surface area contributed by atoms with Crippen LogP contribution in [-0.4, -0.2) is 74.0 Å². The van der Waals surface area contributed by atoms with E-state index in [-0.39, 0.29) is 0 Å². The molecule has 1 aromatic heterocycles. The van der Waals surface area contributed by atoms with Crippen LogP contribution in [0.1, 0.15) is 56.1 Å². The van der Waals surface area contributed by atoms with E-state index in [1.807, 2.05) is 6.20 Å². The highest BCUT2D eigenvalue weighted by Gasteiger charge is 2.36. The molecule has 1 saturated carbocycles. The van der Waals surface area contributed by atoms with Gasteiger partial charge in [-0.2, -0.15) is 4.98 Å². The van der Waals surface area contributed by atoms with Crippen molar-refractivity contribution in [2.75, 3.05) is 69.4 Å². The second-order valence-electron chi connectivity index (χ2n) is 11.9. The lowest BCUT2D eigenvalue weighted by Gasteiger charge is -2.33. The number of nitrogens with zero attached hydrogens (tertiary/aromatic N) is 4. The van der Waals surface area contributed by atoms with Gasteiger partial charge in [0.15, 0.2) is 0 Å². The molecule has 2 saturated heterocycles. The van der Waals surface area contributed by atoms with E-state index in [2.05, 4.69) is 45.2 Å². The number of anilines is 3. The third kappa shape index (κ3) is 7.21. The molecule has 0 radical (unpaired) electrons. The molecule has 5 heterocycles. The third-order valence-electron chi connectivity index (χ3n) is 9.00. The smallest absolute Gasteiger partial charge is 0.229 e. The van der Waals surface area contributed by atoms with Crippen LogP contribution >= 0.6 is 0 Å². The SMILES string of the molecule is Cc1cnc2nc1N1CCC(CCOC[C@H]3C[C@H]3CCOCc3cc(ccc3OCCN3CCCC3)N2)CC1. The van der Waals surface area contributed by atoms with E-state index >= 15 is 0 Å². The predicted octanol–water partition coefficient (Wildman–Crippen LogP) is 5.18. The van der Waals surface area contributed by atoms with Crippen molar-refractivity contribution in [3.05, 3.63) is 35.5 Å². The quantitative estimate of drug-likeness (QED) is 0.574. The number of aromatic nitrogens is 2. The molecule has 2 aromatic rings. The van der Waals surface area contributed by atoms with Gasteiger partial charge in [-0.25, -0.2) is 4.98 Å². The molecule has 8 heteroatoms. The molecular weight excluding hydrogens is 490 g/mol. The fourth-order valence-electron chi connectivity index (χ4n) is 6.35. The van der Waals surface area contributed by atoms with Gasteiger partial charge in [0.25, 0.3) is 0 Å². The molecule has 3 fully saturated rings. The molecule has 39 heavy (non-hydrogen) atoms. The Morgan fingerprint density at radius 2 is 1.85 bits per heavy atom. The molecule has 0 amide bonds. The highest BCUT2D eigenvalue weighted by Crippen LogP contribution is 2.41. The van der Waals surface area contributed by atoms with E-state index in [1.54, 1.807) is 0 Å². The Labute approximate surface area is 233 Å². The lowest BCUT2D eigenvalue weighted by atomic mass is 9.94. The molecule has 0 unspecified atom stereocenters. The van der Waals surface area contributed by atoms with Crippen LogP contribution in [0.25, 0.3) is 0 Å². The molecule has 2 atom stereocenters. The van der Waals surface area contributed by atoms with Crippen molar-refractivity contribution in [3.63, 3.8) is 0 Å². The van der Waals surface area contributed by atoms with E-state index in [4.69, 9.17) is 19.2 Å². The fourth-order valence-corrected chi connectivity index (χ4v) is 6.35. The van der Waals surface area contributed by atoms with Gasteiger partial charge in [0.1, 0.15) is 18.2 Å². The highest BCUT2D eigenvalue weighted by atomic mass is 16.5. The lowest BCUT2D eigenvalue weighted by molar-refractivity contribution is 0.0947. The van der Waals surface area contributed by atoms with Crippen molar-refractivity contribution in [2.45, 2.75) is 58.5 Å². The molecule has 5 aliphatic rings. The van der Waals surface area contributed by atoms with Gasteiger partial charge in [-0.15, -0.1) is 0 Å². The highest BCUT2D eigenvalue weighted by molar-refractivity contribution is 5.59. The molecule has 7 rings (SSSR count). The van der Waals surface area contributed by atoms with Crippen LogP contribution < -0.4 is 15.0 Å². The monoisotopic (exact) mass is 535 g/mol. The summed E-state index contributed by atoms with van der Waals surface area (Å²) >= 11 is 0. The molecular formula is C31H45N5O3. The first-order valence-corrected chi connectivity index (χ1v) is 15.2. The van der Waals surface area contributed by atoms with Crippen molar-refractivity contribution < 1.29 is 14.2 Å². The Morgan fingerprint density at radius 3 is 2.72 bits per heavy atom. The Balaban J connectivity index is 1.17. The summed E-state index contributed by atoms with van der Waals surface area (Å²) in [4.78, 5) is 14.5. The largest absolute Gasteiger partial charge is 0.492 e. The number of likely N-dealkylation sites (tertiary alicyclic amines) is 1. The molecule has 212 valence electrons. The molecule has 6 bridgehead atoms. The topological polar surface area (TPSA) is 72.0 Å². The Hall–Kier alpha value is -2.42. The van der Waals surface area contributed by atoms with Crippen molar-refractivity contribution >= 4 is 17.5 Å². The summed E-state index contributed by atoms with van der Waals surface area (Å²) in [5.74, 6) is 4.79. The van der Waals surface area contributed by atoms with Crippen molar-refractivity contribution in [1.82, 2.24) is 14.9 Å². The van der Waals surface area contributed by atoms with Crippen LogP contribution in [0.5, 0.6) is 5.75 Å². The molecule has 1 aromatic carbocycles. The fraction of sp³-hybridized carbons (Fsp3) is 0.677. The molecule has 0 spiro atoms. The first-order valence-electron chi connectivity index (χ1n) is 15.2. The van der Waals surface area contributed by atoms with Gasteiger partial charge >= 0.3 is 0 Å². The number of hydrogen-bond acceptors (Lipinski definition) is 8. The maximum absolute atomic E-state index is 6.27. The summed E-state index contributed by atoms with van der Waals surface area (Å²) in [6.45, 7) is 11.3. The summed E-state index contributed by atoms with van der Waals surface area (Å²) in [7, 11) is 0. The second kappa shape index (κ2) is 12.8. The van der Waals surface area contributed by atoms with Gasteiger partial charge in [0.2, 0.25) is 5.95 Å². The van der Waals surface area contributed by atoms with Crippen LogP contribution in [0, 0.1) is 24.7 Å². The normalized spacial score (nSPS) is 26.4. The zero-order valence-corrected chi connectivity index (χ0v) is 23.6. The van der Waals surface area contributed by atoms with Gasteiger partial charge < -0.3 is 24.4 Å². The van der Waals surface area contributed by atoms with E-state index in [0.29, 0.717) is 19.2 Å². The Bertz CT molecular complexity index is 1080. The van der Waals surface area contributed by atoms with Gasteiger partial charge in [-0.05, 0) is 101 Å². The Morgan fingerprint density at radius 1 is 1.00 bits per heavy atom. The van der Waals surface area contributed by atoms with Gasteiger partial charge in [0, 0.05) is 62.5 Å². The minimum atomic E-state index is 0.539. The summed E-state index contributed by atoms with van der Waals surface area (Å²) in [5.41, 5.74) is 3.15. The maximum atomic E-state index is 6.27.